The van der Waals surface area contributed by atoms with E-state index in [0.717, 1.165) is 6.42 Å². The Hall–Kier alpha value is -3.96. The molecule has 1 aromatic heterocycles. The minimum Gasteiger partial charge on any atom is -0.504 e. The number of rotatable bonds is 9. The molecule has 2 aromatic carbocycles. The monoisotopic (exact) mass is 658 g/mol. The lowest BCUT2D eigenvalue weighted by Crippen LogP contribution is -2.70. The van der Waals surface area contributed by atoms with Crippen LogP contribution in [0, 0.1) is 0 Å². The van der Waals surface area contributed by atoms with Gasteiger partial charge in [-0.1, -0.05) is 6.42 Å². The molecule has 254 valence electrons. The molecule has 8 N–H and O–H groups in total. The molecule has 15 nitrogen and oxygen atoms in total. The van der Waals surface area contributed by atoms with E-state index in [0.29, 0.717) is 37.4 Å². The van der Waals surface area contributed by atoms with Crippen LogP contribution < -0.4 is 30.3 Å². The van der Waals surface area contributed by atoms with Gasteiger partial charge in [0.05, 0.1) is 7.11 Å². The molecule has 15 heteroatoms. The van der Waals surface area contributed by atoms with Crippen LogP contribution in [0.25, 0.3) is 22.3 Å². The van der Waals surface area contributed by atoms with Gasteiger partial charge < -0.3 is 64.6 Å². The van der Waals surface area contributed by atoms with E-state index in [1.807, 2.05) is 0 Å². The average Bonchev–Trinajstić information content (AvgIpc) is 3.56. The van der Waals surface area contributed by atoms with Gasteiger partial charge in [-0.05, 0) is 43.5 Å². The number of carboxylic acids is 1. The van der Waals surface area contributed by atoms with Crippen molar-refractivity contribution in [3.63, 3.8) is 0 Å². The second-order valence-corrected chi connectivity index (χ2v) is 12.2. The Balaban J connectivity index is 1.41. The predicted molar refractivity (Wildman–Crippen MR) is 163 cm³/mol. The zero-order valence-corrected chi connectivity index (χ0v) is 25.5. The van der Waals surface area contributed by atoms with Crippen molar-refractivity contribution in [1.29, 1.82) is 0 Å². The molecule has 6 unspecified atom stereocenters. The number of nitrogens with one attached hydrogen (secondary N) is 2. The molecule has 3 fully saturated rings. The van der Waals surface area contributed by atoms with Crippen LogP contribution >= 0.6 is 0 Å². The highest BCUT2D eigenvalue weighted by atomic mass is 16.7. The molecular formula is C32H38N2O13. The molecule has 6 atom stereocenters. The summed E-state index contributed by atoms with van der Waals surface area (Å²) in [6.45, 7) is 0.779. The van der Waals surface area contributed by atoms with E-state index < -0.39 is 70.7 Å². The summed E-state index contributed by atoms with van der Waals surface area (Å²) in [5, 5.41) is 72.0. The Morgan fingerprint density at radius 2 is 1.81 bits per heavy atom. The summed E-state index contributed by atoms with van der Waals surface area (Å²) in [4.78, 5) is 25.7. The Labute approximate surface area is 268 Å². The number of methoxy groups -OCH3 is 1. The van der Waals surface area contributed by atoms with Crippen molar-refractivity contribution >= 4 is 16.9 Å². The molecule has 3 aromatic rings. The zero-order chi connectivity index (χ0) is 33.5. The molecule has 1 saturated carbocycles. The molecule has 3 aliphatic rings. The molecule has 1 aliphatic carbocycles. The zero-order valence-electron chi connectivity index (χ0n) is 25.5. The van der Waals surface area contributed by atoms with E-state index in [2.05, 4.69) is 10.6 Å². The maximum Gasteiger partial charge on any atom is 0.336 e. The first-order valence-electron chi connectivity index (χ1n) is 15.4. The van der Waals surface area contributed by atoms with Crippen molar-refractivity contribution in [2.45, 2.75) is 80.6 Å². The van der Waals surface area contributed by atoms with Gasteiger partial charge in [-0.25, -0.2) is 4.79 Å². The van der Waals surface area contributed by atoms with Crippen molar-refractivity contribution in [3.05, 3.63) is 46.6 Å². The standard InChI is InChI=1S/C32H38N2O13/c1-43-18-7-5-16(6-8-18)20-11-19(35)23-21(44-20)12-22(26(24(23)36)47-31(41)9-3-2-4-10-31)45-30-25(37)27(38)32(42,28(46-30)29(39)40)13-17-14-33-15-34-17/h5-8,11-12,17,25,27-28,30,33-34,36-38,41-42H,2-4,9-10,13-15H2,1H3,(H,39,40). The summed E-state index contributed by atoms with van der Waals surface area (Å²) in [5.41, 5.74) is -2.72. The molecule has 2 saturated heterocycles. The van der Waals surface area contributed by atoms with Gasteiger partial charge in [0.1, 0.15) is 40.3 Å². The normalized spacial score (nSPS) is 29.0. The highest BCUT2D eigenvalue weighted by Gasteiger charge is 2.59. The van der Waals surface area contributed by atoms with Crippen LogP contribution in [0.1, 0.15) is 38.5 Å². The Kier molecular flexibility index (Phi) is 9.06. The SMILES string of the molecule is COc1ccc(-c2cc(=O)c3c(O)c(OC4(O)CCCCC4)c(OC4OC(C(=O)O)C(O)(CC5CNCN5)C(O)C4O)cc3o2)cc1. The van der Waals surface area contributed by atoms with Crippen molar-refractivity contribution < 1.29 is 58.8 Å². The van der Waals surface area contributed by atoms with Gasteiger partial charge in [-0.3, -0.25) is 4.79 Å². The molecule has 6 rings (SSSR count). The highest BCUT2D eigenvalue weighted by Crippen LogP contribution is 2.47. The summed E-state index contributed by atoms with van der Waals surface area (Å²) < 4.78 is 28.6. The van der Waals surface area contributed by atoms with E-state index in [4.69, 9.17) is 23.4 Å². The van der Waals surface area contributed by atoms with Crippen molar-refractivity contribution in [3.8, 4) is 34.3 Å². The van der Waals surface area contributed by atoms with Gasteiger partial charge in [0, 0.05) is 49.8 Å². The number of aliphatic hydroxyl groups is 4. The number of phenolic OH excluding ortho intramolecular Hbond substituents is 1. The number of aliphatic carboxylic acids is 1. The predicted octanol–water partition coefficient (Wildman–Crippen LogP) is 0.756. The Morgan fingerprint density at radius 3 is 2.45 bits per heavy atom. The van der Waals surface area contributed by atoms with E-state index in [1.54, 1.807) is 24.3 Å². The fraction of sp³-hybridized carbons (Fsp3) is 0.500. The van der Waals surface area contributed by atoms with Gasteiger partial charge in [0.2, 0.25) is 17.8 Å². The minimum atomic E-state index is -2.42. The molecule has 0 amide bonds. The first kappa shape index (κ1) is 33.0. The third kappa shape index (κ3) is 6.35. The number of hydrogen-bond acceptors (Lipinski definition) is 14. The lowest BCUT2D eigenvalue weighted by molar-refractivity contribution is -0.307. The van der Waals surface area contributed by atoms with Gasteiger partial charge in [0.15, 0.2) is 23.0 Å². The number of aliphatic hydroxyl groups excluding tert-OH is 2. The van der Waals surface area contributed by atoms with Crippen LogP contribution in [-0.2, 0) is 9.53 Å². The van der Waals surface area contributed by atoms with Crippen molar-refractivity contribution in [2.75, 3.05) is 20.3 Å². The molecule has 0 radical (unpaired) electrons. The van der Waals surface area contributed by atoms with E-state index in [-0.39, 0.29) is 36.0 Å². The van der Waals surface area contributed by atoms with Crippen LogP contribution in [0.15, 0.2) is 45.6 Å². The maximum absolute atomic E-state index is 13.4. The number of aromatic hydroxyl groups is 1. The van der Waals surface area contributed by atoms with Gasteiger partial charge in [-0.15, -0.1) is 0 Å². The third-order valence-corrected chi connectivity index (χ3v) is 9.00. The van der Waals surface area contributed by atoms with Crippen molar-refractivity contribution in [1.82, 2.24) is 10.6 Å². The van der Waals surface area contributed by atoms with Crippen LogP contribution in [-0.4, -0.2) is 99.0 Å². The Morgan fingerprint density at radius 1 is 1.09 bits per heavy atom. The first-order chi connectivity index (χ1) is 22.4. The number of carboxylic acid groups (broad SMARTS) is 1. The lowest BCUT2D eigenvalue weighted by Gasteiger charge is -2.47. The van der Waals surface area contributed by atoms with Gasteiger partial charge >= 0.3 is 5.97 Å². The summed E-state index contributed by atoms with van der Waals surface area (Å²) in [6, 6.07) is 8.59. The van der Waals surface area contributed by atoms with Crippen LogP contribution in [0.3, 0.4) is 0 Å². The van der Waals surface area contributed by atoms with Gasteiger partial charge in [0.25, 0.3) is 0 Å². The molecule has 0 spiro atoms. The quantitative estimate of drug-likeness (QED) is 0.148. The largest absolute Gasteiger partial charge is 0.504 e. The van der Waals surface area contributed by atoms with Crippen molar-refractivity contribution in [2.24, 2.45) is 0 Å². The van der Waals surface area contributed by atoms with E-state index in [9.17, 15) is 40.2 Å². The van der Waals surface area contributed by atoms with Crippen LogP contribution in [0.4, 0.5) is 0 Å². The fourth-order valence-corrected chi connectivity index (χ4v) is 6.47. The average molecular weight is 659 g/mol. The second kappa shape index (κ2) is 12.9. The van der Waals surface area contributed by atoms with E-state index >= 15 is 0 Å². The number of benzene rings is 2. The molecular weight excluding hydrogens is 620 g/mol. The minimum absolute atomic E-state index is 0.130. The lowest BCUT2D eigenvalue weighted by atomic mass is 9.79. The topological polar surface area (TPSA) is 230 Å². The van der Waals surface area contributed by atoms with E-state index in [1.165, 1.54) is 19.2 Å². The molecule has 0 bridgehead atoms. The first-order valence-corrected chi connectivity index (χ1v) is 15.4. The second-order valence-electron chi connectivity index (χ2n) is 12.2. The van der Waals surface area contributed by atoms with Gasteiger partial charge in [-0.2, -0.15) is 0 Å². The molecule has 47 heavy (non-hydrogen) atoms. The number of phenols is 1. The molecule has 2 aliphatic heterocycles. The summed E-state index contributed by atoms with van der Waals surface area (Å²) >= 11 is 0. The summed E-state index contributed by atoms with van der Waals surface area (Å²) in [6.07, 6.45) is -5.79. The Bertz CT molecular complexity index is 1670. The van der Waals surface area contributed by atoms with Crippen LogP contribution in [0.2, 0.25) is 0 Å². The number of carbonyl (C=O) groups is 1. The fourth-order valence-electron chi connectivity index (χ4n) is 6.47. The van der Waals surface area contributed by atoms with Crippen LogP contribution in [0.5, 0.6) is 23.0 Å². The third-order valence-electron chi connectivity index (χ3n) is 9.00. The summed E-state index contributed by atoms with van der Waals surface area (Å²) in [7, 11) is 1.51. The highest BCUT2D eigenvalue weighted by molar-refractivity contribution is 5.89. The molecule has 3 heterocycles. The maximum atomic E-state index is 13.4. The number of ether oxygens (including phenoxy) is 4. The number of hydrogen-bond donors (Lipinski definition) is 8. The number of fused-ring (bicyclic) bond motifs is 1. The smallest absolute Gasteiger partial charge is 0.336 e. The summed E-state index contributed by atoms with van der Waals surface area (Å²) in [5.74, 6) is -4.27.